The maximum atomic E-state index is 4.88. The summed E-state index contributed by atoms with van der Waals surface area (Å²) in [6.07, 6.45) is 3.93. The zero-order valence-corrected chi connectivity index (χ0v) is 17.7. The van der Waals surface area contributed by atoms with Gasteiger partial charge in [0.1, 0.15) is 5.52 Å². The van der Waals surface area contributed by atoms with Crippen molar-refractivity contribution in [1.29, 1.82) is 0 Å². The highest BCUT2D eigenvalue weighted by Crippen LogP contribution is 2.28. The Morgan fingerprint density at radius 2 is 1.81 bits per heavy atom. The van der Waals surface area contributed by atoms with Crippen LogP contribution in [0, 0.1) is 13.8 Å². The van der Waals surface area contributed by atoms with Crippen LogP contribution in [0.5, 0.6) is 0 Å². The van der Waals surface area contributed by atoms with E-state index in [1.165, 1.54) is 0 Å². The Morgan fingerprint density at radius 3 is 2.33 bits per heavy atom. The van der Waals surface area contributed by atoms with Crippen LogP contribution in [0.3, 0.4) is 0 Å². The molecule has 0 fully saturated rings. The number of ether oxygens (including phenoxy) is 1. The second kappa shape index (κ2) is 9.60. The summed E-state index contributed by atoms with van der Waals surface area (Å²) in [7, 11) is 1.71. The molecule has 0 aliphatic rings. The van der Waals surface area contributed by atoms with E-state index in [1.807, 2.05) is 6.20 Å². The summed E-state index contributed by atoms with van der Waals surface area (Å²) < 4.78 is 4.69. The standard InChI is InChI=1S/C18H22N4.C4H10O/c1-6-14-17(22-16-11(4)9-19-18(16)21-14)13-7-8-15(10(2)3)20-12(13)5;1-3-4-5-2/h7-10H,6H2,1-5H3,(H,19,21);3-4H2,1-2H3. The predicted octanol–water partition coefficient (Wildman–Crippen LogP) is 5.37. The molecule has 3 aromatic rings. The number of nitrogens with zero attached hydrogens (tertiary/aromatic N) is 3. The molecule has 0 saturated heterocycles. The highest BCUT2D eigenvalue weighted by atomic mass is 16.5. The van der Waals surface area contributed by atoms with Crippen LogP contribution in [0.25, 0.3) is 22.4 Å². The van der Waals surface area contributed by atoms with E-state index >= 15 is 0 Å². The number of fused-ring (bicyclic) bond motifs is 1. The Hall–Kier alpha value is -2.27. The summed E-state index contributed by atoms with van der Waals surface area (Å²) in [5.74, 6) is 0.430. The third-order valence-corrected chi connectivity index (χ3v) is 4.46. The van der Waals surface area contributed by atoms with E-state index in [0.29, 0.717) is 5.92 Å². The molecule has 0 spiro atoms. The van der Waals surface area contributed by atoms with Gasteiger partial charge >= 0.3 is 0 Å². The molecule has 1 N–H and O–H groups in total. The number of methoxy groups -OCH3 is 1. The van der Waals surface area contributed by atoms with Crippen LogP contribution in [0.1, 0.15) is 62.7 Å². The lowest BCUT2D eigenvalue weighted by Crippen LogP contribution is -2.02. The van der Waals surface area contributed by atoms with Crippen molar-refractivity contribution in [3.05, 3.63) is 41.0 Å². The monoisotopic (exact) mass is 368 g/mol. The van der Waals surface area contributed by atoms with E-state index in [0.717, 1.165) is 64.5 Å². The smallest absolute Gasteiger partial charge is 0.156 e. The molecule has 0 aromatic carbocycles. The van der Waals surface area contributed by atoms with Crippen LogP contribution >= 0.6 is 0 Å². The molecule has 0 aliphatic heterocycles. The van der Waals surface area contributed by atoms with Crippen LogP contribution in [-0.4, -0.2) is 33.7 Å². The summed E-state index contributed by atoms with van der Waals surface area (Å²) in [5, 5.41) is 0. The molecule has 3 rings (SSSR count). The number of hydrogen-bond acceptors (Lipinski definition) is 4. The average molecular weight is 369 g/mol. The molecule has 0 radical (unpaired) electrons. The zero-order chi connectivity index (χ0) is 20.0. The largest absolute Gasteiger partial charge is 0.385 e. The Bertz CT molecular complexity index is 881. The lowest BCUT2D eigenvalue weighted by atomic mass is 10.0. The van der Waals surface area contributed by atoms with Crippen molar-refractivity contribution in [1.82, 2.24) is 19.9 Å². The maximum Gasteiger partial charge on any atom is 0.156 e. The number of aromatic amines is 1. The van der Waals surface area contributed by atoms with E-state index < -0.39 is 0 Å². The first-order valence-corrected chi connectivity index (χ1v) is 9.74. The van der Waals surface area contributed by atoms with Gasteiger partial charge in [-0.05, 0) is 50.3 Å². The number of aryl methyl sites for hydroxylation is 3. The Morgan fingerprint density at radius 1 is 1.07 bits per heavy atom. The molecule has 3 heterocycles. The highest BCUT2D eigenvalue weighted by Gasteiger charge is 2.15. The zero-order valence-electron chi connectivity index (χ0n) is 17.7. The highest BCUT2D eigenvalue weighted by molar-refractivity contribution is 5.79. The molecule has 0 bridgehead atoms. The van der Waals surface area contributed by atoms with Gasteiger partial charge in [0.2, 0.25) is 0 Å². The van der Waals surface area contributed by atoms with Gasteiger partial charge in [-0.15, -0.1) is 0 Å². The van der Waals surface area contributed by atoms with E-state index in [4.69, 9.17) is 19.7 Å². The lowest BCUT2D eigenvalue weighted by Gasteiger charge is -2.12. The van der Waals surface area contributed by atoms with Crippen molar-refractivity contribution in [2.45, 2.75) is 60.3 Å². The molecular formula is C22H32N4O. The Kier molecular flexibility index (Phi) is 7.48. The number of hydrogen-bond donors (Lipinski definition) is 1. The minimum Gasteiger partial charge on any atom is -0.385 e. The molecule has 146 valence electrons. The summed E-state index contributed by atoms with van der Waals surface area (Å²) in [4.78, 5) is 17.6. The SMILES string of the molecule is CCCOC.CCc1nc2[nH]cc(C)c2nc1-c1ccc(C(C)C)nc1C. The Balaban J connectivity index is 0.000000465. The number of nitrogens with one attached hydrogen (secondary N) is 1. The van der Waals surface area contributed by atoms with Crippen molar-refractivity contribution in [2.24, 2.45) is 0 Å². The second-order valence-corrected chi connectivity index (χ2v) is 7.06. The van der Waals surface area contributed by atoms with Crippen molar-refractivity contribution < 1.29 is 4.74 Å². The van der Waals surface area contributed by atoms with Gasteiger partial charge in [-0.25, -0.2) is 9.97 Å². The van der Waals surface area contributed by atoms with Crippen LogP contribution in [0.15, 0.2) is 18.3 Å². The lowest BCUT2D eigenvalue weighted by molar-refractivity contribution is 0.199. The van der Waals surface area contributed by atoms with Gasteiger partial charge in [0.05, 0.1) is 11.4 Å². The topological polar surface area (TPSA) is 63.7 Å². The summed E-state index contributed by atoms with van der Waals surface area (Å²) >= 11 is 0. The van der Waals surface area contributed by atoms with Crippen LogP contribution in [0.2, 0.25) is 0 Å². The van der Waals surface area contributed by atoms with Crippen LogP contribution in [-0.2, 0) is 11.2 Å². The summed E-state index contributed by atoms with van der Waals surface area (Å²) in [5.41, 5.74) is 8.11. The number of rotatable bonds is 5. The van der Waals surface area contributed by atoms with Crippen LogP contribution < -0.4 is 0 Å². The molecule has 5 nitrogen and oxygen atoms in total. The normalized spacial score (nSPS) is 11.0. The minimum atomic E-state index is 0.430. The Labute approximate surface area is 162 Å². The summed E-state index contributed by atoms with van der Waals surface area (Å²) in [6, 6.07) is 4.23. The first kappa shape index (κ1) is 21.0. The van der Waals surface area contributed by atoms with Crippen LogP contribution in [0.4, 0.5) is 0 Å². The fourth-order valence-electron chi connectivity index (χ4n) is 2.91. The van der Waals surface area contributed by atoms with E-state index in [1.54, 1.807) is 7.11 Å². The quantitative estimate of drug-likeness (QED) is 0.658. The predicted molar refractivity (Wildman–Crippen MR) is 112 cm³/mol. The average Bonchev–Trinajstić information content (AvgIpc) is 3.02. The molecule has 0 aliphatic carbocycles. The van der Waals surface area contributed by atoms with Crippen molar-refractivity contribution in [3.8, 4) is 11.3 Å². The van der Waals surface area contributed by atoms with Gasteiger partial charge in [-0.2, -0.15) is 0 Å². The maximum absolute atomic E-state index is 4.88. The number of H-pyrrole nitrogens is 1. The first-order chi connectivity index (χ1) is 12.9. The van der Waals surface area contributed by atoms with E-state index in [2.05, 4.69) is 58.7 Å². The van der Waals surface area contributed by atoms with Gasteiger partial charge in [-0.1, -0.05) is 27.7 Å². The third-order valence-electron chi connectivity index (χ3n) is 4.46. The van der Waals surface area contributed by atoms with Gasteiger partial charge in [0.15, 0.2) is 5.65 Å². The van der Waals surface area contributed by atoms with Gasteiger partial charge in [0, 0.05) is 36.9 Å². The van der Waals surface area contributed by atoms with Gasteiger partial charge < -0.3 is 9.72 Å². The molecule has 3 aromatic heterocycles. The molecular weight excluding hydrogens is 336 g/mol. The van der Waals surface area contributed by atoms with Crippen molar-refractivity contribution in [2.75, 3.05) is 13.7 Å². The number of aromatic nitrogens is 4. The van der Waals surface area contributed by atoms with E-state index in [9.17, 15) is 0 Å². The molecule has 27 heavy (non-hydrogen) atoms. The minimum absolute atomic E-state index is 0.430. The summed E-state index contributed by atoms with van der Waals surface area (Å²) in [6.45, 7) is 13.5. The van der Waals surface area contributed by atoms with Gasteiger partial charge in [-0.3, -0.25) is 4.98 Å². The molecule has 0 unspecified atom stereocenters. The second-order valence-electron chi connectivity index (χ2n) is 7.06. The van der Waals surface area contributed by atoms with Gasteiger partial charge in [0.25, 0.3) is 0 Å². The molecule has 5 heteroatoms. The fourth-order valence-corrected chi connectivity index (χ4v) is 2.91. The fraction of sp³-hybridized carbons (Fsp3) is 0.500. The molecule has 0 amide bonds. The molecule has 0 atom stereocenters. The third kappa shape index (κ3) is 4.92. The van der Waals surface area contributed by atoms with Crippen molar-refractivity contribution >= 4 is 11.2 Å². The molecule has 0 saturated carbocycles. The van der Waals surface area contributed by atoms with E-state index in [-0.39, 0.29) is 0 Å². The first-order valence-electron chi connectivity index (χ1n) is 9.74. The number of pyridine rings is 1. The van der Waals surface area contributed by atoms with Crippen molar-refractivity contribution in [3.63, 3.8) is 0 Å².